The summed E-state index contributed by atoms with van der Waals surface area (Å²) < 4.78 is 0. The van der Waals surface area contributed by atoms with E-state index in [0.717, 1.165) is 48.6 Å². The van der Waals surface area contributed by atoms with Crippen LogP contribution in [0.4, 0.5) is 11.5 Å². The molecule has 0 amide bonds. The van der Waals surface area contributed by atoms with Crippen LogP contribution in [0.15, 0.2) is 55.1 Å². The molecule has 142 valence electrons. The first-order chi connectivity index (χ1) is 13.6. The van der Waals surface area contributed by atoms with Crippen molar-refractivity contribution in [1.29, 1.82) is 5.41 Å². The molecular weight excluding hydrogens is 350 g/mol. The van der Waals surface area contributed by atoms with Gasteiger partial charge in [0.1, 0.15) is 5.82 Å². The van der Waals surface area contributed by atoms with E-state index in [1.165, 1.54) is 0 Å². The largest absolute Gasteiger partial charge is 0.397 e. The molecule has 0 unspecified atom stereocenters. The van der Waals surface area contributed by atoms with E-state index in [0.29, 0.717) is 17.0 Å². The molecule has 7 nitrogen and oxygen atoms in total. The highest BCUT2D eigenvalue weighted by atomic mass is 15.2. The van der Waals surface area contributed by atoms with Crippen molar-refractivity contribution >= 4 is 17.2 Å². The van der Waals surface area contributed by atoms with Crippen LogP contribution in [0, 0.1) is 5.41 Å². The fourth-order valence-corrected chi connectivity index (χ4v) is 3.39. The van der Waals surface area contributed by atoms with E-state index in [-0.39, 0.29) is 6.04 Å². The second-order valence-corrected chi connectivity index (χ2v) is 7.00. The minimum Gasteiger partial charge on any atom is -0.397 e. The van der Waals surface area contributed by atoms with Gasteiger partial charge in [-0.15, -0.1) is 0 Å². The first kappa shape index (κ1) is 18.1. The molecule has 1 saturated heterocycles. The van der Waals surface area contributed by atoms with Crippen LogP contribution >= 0.6 is 0 Å². The van der Waals surface area contributed by atoms with Crippen molar-refractivity contribution in [2.75, 3.05) is 23.7 Å². The Bertz CT molecular complexity index is 979. The maximum Gasteiger partial charge on any atom is 0.129 e. The van der Waals surface area contributed by atoms with Crippen LogP contribution in [0.5, 0.6) is 0 Å². The molecule has 0 saturated carbocycles. The Balaban J connectivity index is 1.64. The number of nitrogens with one attached hydrogen (secondary N) is 1. The maximum absolute atomic E-state index is 8.72. The number of hydrogen-bond donors (Lipinski definition) is 3. The third-order valence-corrected chi connectivity index (χ3v) is 5.06. The van der Waals surface area contributed by atoms with E-state index >= 15 is 0 Å². The van der Waals surface area contributed by atoms with Gasteiger partial charge < -0.3 is 16.4 Å². The average molecular weight is 373 g/mol. The number of hydrogen-bond acceptors (Lipinski definition) is 7. The number of nitrogens with two attached hydrogens (primary N) is 2. The third kappa shape index (κ3) is 3.70. The molecule has 3 aromatic rings. The number of nitrogens with zero attached hydrogens (tertiary/aromatic N) is 4. The number of piperidine rings is 1. The molecule has 0 atom stereocenters. The lowest BCUT2D eigenvalue weighted by atomic mass is 10.00. The average Bonchev–Trinajstić information content (AvgIpc) is 2.75. The van der Waals surface area contributed by atoms with Gasteiger partial charge in [-0.25, -0.2) is 4.98 Å². The monoisotopic (exact) mass is 373 g/mol. The van der Waals surface area contributed by atoms with E-state index in [1.807, 2.05) is 30.3 Å². The number of aromatic nitrogens is 3. The van der Waals surface area contributed by atoms with E-state index in [4.69, 9.17) is 16.9 Å². The zero-order valence-corrected chi connectivity index (χ0v) is 15.5. The van der Waals surface area contributed by atoms with E-state index in [1.54, 1.807) is 24.8 Å². The summed E-state index contributed by atoms with van der Waals surface area (Å²) >= 11 is 0. The Kier molecular flexibility index (Phi) is 4.99. The van der Waals surface area contributed by atoms with Crippen LogP contribution in [-0.2, 0) is 0 Å². The molecule has 1 aliphatic rings. The third-order valence-electron chi connectivity index (χ3n) is 5.06. The molecule has 4 heterocycles. The smallest absolute Gasteiger partial charge is 0.129 e. The number of pyridine rings is 3. The van der Waals surface area contributed by atoms with Crippen LogP contribution in [-0.4, -0.2) is 39.8 Å². The topological polar surface area (TPSA) is 118 Å². The quantitative estimate of drug-likeness (QED) is 0.605. The molecule has 5 N–H and O–H groups in total. The number of nitrogen functional groups attached to an aromatic ring is 1. The molecule has 0 spiro atoms. The Morgan fingerprint density at radius 1 is 1.07 bits per heavy atom. The van der Waals surface area contributed by atoms with Crippen molar-refractivity contribution < 1.29 is 0 Å². The molecule has 1 fully saturated rings. The Morgan fingerprint density at radius 3 is 2.64 bits per heavy atom. The van der Waals surface area contributed by atoms with Gasteiger partial charge in [-0.1, -0.05) is 0 Å². The van der Waals surface area contributed by atoms with Crippen LogP contribution in [0.1, 0.15) is 24.0 Å². The van der Waals surface area contributed by atoms with Crippen LogP contribution in [0.3, 0.4) is 0 Å². The predicted molar refractivity (Wildman–Crippen MR) is 111 cm³/mol. The number of rotatable bonds is 4. The summed E-state index contributed by atoms with van der Waals surface area (Å²) in [6.07, 6.45) is 8.71. The summed E-state index contributed by atoms with van der Waals surface area (Å²) in [4.78, 5) is 15.2. The van der Waals surface area contributed by atoms with E-state index in [2.05, 4.69) is 19.9 Å². The van der Waals surface area contributed by atoms with Gasteiger partial charge in [0.15, 0.2) is 0 Å². The summed E-state index contributed by atoms with van der Waals surface area (Å²) in [5, 5.41) is 8.72. The molecule has 1 aliphatic heterocycles. The summed E-state index contributed by atoms with van der Waals surface area (Å²) in [5.74, 6) is 0.870. The van der Waals surface area contributed by atoms with Crippen molar-refractivity contribution in [2.45, 2.75) is 18.9 Å². The molecule has 0 aliphatic carbocycles. The molecule has 0 radical (unpaired) electrons. The van der Waals surface area contributed by atoms with Gasteiger partial charge in [0.25, 0.3) is 0 Å². The maximum atomic E-state index is 8.72. The van der Waals surface area contributed by atoms with Crippen molar-refractivity contribution in [2.24, 2.45) is 5.73 Å². The van der Waals surface area contributed by atoms with Crippen molar-refractivity contribution in [3.63, 3.8) is 0 Å². The molecule has 4 rings (SSSR count). The lowest BCUT2D eigenvalue weighted by molar-refractivity contribution is 0.498. The lowest BCUT2D eigenvalue weighted by Crippen LogP contribution is -2.40. The second-order valence-electron chi connectivity index (χ2n) is 7.00. The Morgan fingerprint density at radius 2 is 1.89 bits per heavy atom. The van der Waals surface area contributed by atoms with Crippen LogP contribution in [0.2, 0.25) is 0 Å². The Hall–Kier alpha value is -3.32. The van der Waals surface area contributed by atoms with Crippen LogP contribution in [0.25, 0.3) is 11.3 Å². The molecule has 7 heteroatoms. The first-order valence-electron chi connectivity index (χ1n) is 9.33. The molecular formula is C21H23N7. The van der Waals surface area contributed by atoms with Gasteiger partial charge in [0.2, 0.25) is 0 Å². The minimum absolute atomic E-state index is 0.264. The van der Waals surface area contributed by atoms with Gasteiger partial charge in [0, 0.05) is 54.4 Å². The summed E-state index contributed by atoms with van der Waals surface area (Å²) in [6.45, 7) is 1.76. The van der Waals surface area contributed by atoms with Gasteiger partial charge in [-0.05, 0) is 43.2 Å². The normalized spacial score (nSPS) is 14.8. The van der Waals surface area contributed by atoms with Crippen molar-refractivity contribution in [3.05, 3.63) is 66.2 Å². The minimum atomic E-state index is 0.264. The highest BCUT2D eigenvalue weighted by Gasteiger charge is 2.18. The zero-order valence-electron chi connectivity index (χ0n) is 15.5. The first-order valence-corrected chi connectivity index (χ1v) is 9.33. The fourth-order valence-electron chi connectivity index (χ4n) is 3.39. The zero-order chi connectivity index (χ0) is 19.5. The SMILES string of the molecule is N=C(c1ccnc(N2CCC(N)CC2)c1)c1cc(-c2cccnc2)ncc1N. The summed E-state index contributed by atoms with van der Waals surface area (Å²) in [6, 6.07) is 9.69. The summed E-state index contributed by atoms with van der Waals surface area (Å²) in [7, 11) is 0. The lowest BCUT2D eigenvalue weighted by Gasteiger charge is -2.31. The molecule has 0 bridgehead atoms. The van der Waals surface area contributed by atoms with Gasteiger partial charge in [-0.2, -0.15) is 0 Å². The molecule has 3 aromatic heterocycles. The highest BCUT2D eigenvalue weighted by Crippen LogP contribution is 2.24. The van der Waals surface area contributed by atoms with Crippen molar-refractivity contribution in [1.82, 2.24) is 15.0 Å². The standard InChI is InChI=1S/C21H23N7/c22-16-4-8-28(9-5-16)20-10-14(3-7-26-20)21(24)17-11-19(27-13-18(17)23)15-2-1-6-25-12-15/h1-3,6-7,10-13,16,24H,4-5,8-9,22-23H2. The van der Waals surface area contributed by atoms with Crippen molar-refractivity contribution in [3.8, 4) is 11.3 Å². The van der Waals surface area contributed by atoms with Gasteiger partial charge in [-0.3, -0.25) is 15.4 Å². The van der Waals surface area contributed by atoms with Gasteiger partial charge >= 0.3 is 0 Å². The molecule has 0 aromatic carbocycles. The summed E-state index contributed by atoms with van der Waals surface area (Å²) in [5.41, 5.74) is 16.0. The van der Waals surface area contributed by atoms with E-state index < -0.39 is 0 Å². The Labute approximate surface area is 164 Å². The fraction of sp³-hybridized carbons (Fsp3) is 0.238. The van der Waals surface area contributed by atoms with Crippen LogP contribution < -0.4 is 16.4 Å². The van der Waals surface area contributed by atoms with E-state index in [9.17, 15) is 0 Å². The number of anilines is 2. The molecule has 28 heavy (non-hydrogen) atoms. The highest BCUT2D eigenvalue weighted by molar-refractivity contribution is 6.14. The van der Waals surface area contributed by atoms with Gasteiger partial charge in [0.05, 0.1) is 23.3 Å². The second kappa shape index (κ2) is 7.74. The predicted octanol–water partition coefficient (Wildman–Crippen LogP) is 2.46.